The standard InChI is InChI=1S/C21H18FN5O3/c1-2-12-9-19(28)30-17-10-15(7-8-16(12)17)29-11-18-25-20(23)27-21(26-18)24-14-5-3-13(22)4-6-14/h3-10H,2,11H2,1H3,(H3,23,24,25,26,27). The summed E-state index contributed by atoms with van der Waals surface area (Å²) < 4.78 is 24.1. The fraction of sp³-hybridized carbons (Fsp3) is 0.143. The zero-order chi connectivity index (χ0) is 21.1. The average molecular weight is 407 g/mol. The van der Waals surface area contributed by atoms with E-state index in [1.54, 1.807) is 24.3 Å². The predicted molar refractivity (Wildman–Crippen MR) is 110 cm³/mol. The number of halogens is 1. The van der Waals surface area contributed by atoms with Crippen LogP contribution in [0.1, 0.15) is 18.3 Å². The number of rotatable bonds is 6. The lowest BCUT2D eigenvalue weighted by Crippen LogP contribution is -2.09. The van der Waals surface area contributed by atoms with Crippen LogP contribution in [-0.4, -0.2) is 15.0 Å². The molecule has 3 N–H and O–H groups in total. The van der Waals surface area contributed by atoms with Crippen LogP contribution >= 0.6 is 0 Å². The van der Waals surface area contributed by atoms with Crippen molar-refractivity contribution in [3.05, 3.63) is 76.2 Å². The zero-order valence-corrected chi connectivity index (χ0v) is 16.1. The van der Waals surface area contributed by atoms with E-state index in [2.05, 4.69) is 20.3 Å². The molecule has 4 rings (SSSR count). The van der Waals surface area contributed by atoms with E-state index in [4.69, 9.17) is 14.9 Å². The molecule has 8 nitrogen and oxygen atoms in total. The lowest BCUT2D eigenvalue weighted by atomic mass is 10.1. The van der Waals surface area contributed by atoms with Crippen molar-refractivity contribution in [1.29, 1.82) is 0 Å². The molecule has 9 heteroatoms. The summed E-state index contributed by atoms with van der Waals surface area (Å²) in [5, 5.41) is 3.80. The molecule has 0 amide bonds. The Kier molecular flexibility index (Phi) is 5.25. The van der Waals surface area contributed by atoms with Gasteiger partial charge in [0.1, 0.15) is 23.8 Å². The van der Waals surface area contributed by atoms with E-state index in [-0.39, 0.29) is 24.3 Å². The SMILES string of the molecule is CCc1cc(=O)oc2cc(OCc3nc(N)nc(Nc4ccc(F)cc4)n3)ccc12. The quantitative estimate of drug-likeness (QED) is 0.466. The van der Waals surface area contributed by atoms with E-state index in [0.717, 1.165) is 17.4 Å². The van der Waals surface area contributed by atoms with Gasteiger partial charge in [-0.25, -0.2) is 9.18 Å². The smallest absolute Gasteiger partial charge is 0.336 e. The van der Waals surface area contributed by atoms with Crippen LogP contribution in [0.2, 0.25) is 0 Å². The first-order valence-corrected chi connectivity index (χ1v) is 9.23. The number of anilines is 3. The molecular weight excluding hydrogens is 389 g/mol. The van der Waals surface area contributed by atoms with Crippen molar-refractivity contribution < 1.29 is 13.5 Å². The number of aromatic nitrogens is 3. The number of benzene rings is 2. The predicted octanol–water partition coefficient (Wildman–Crippen LogP) is 3.58. The highest BCUT2D eigenvalue weighted by atomic mass is 19.1. The normalized spacial score (nSPS) is 10.9. The van der Waals surface area contributed by atoms with E-state index < -0.39 is 5.63 Å². The molecule has 30 heavy (non-hydrogen) atoms. The van der Waals surface area contributed by atoms with E-state index >= 15 is 0 Å². The van der Waals surface area contributed by atoms with Crippen LogP contribution in [0.25, 0.3) is 11.0 Å². The zero-order valence-electron chi connectivity index (χ0n) is 16.1. The van der Waals surface area contributed by atoms with Crippen LogP contribution in [0, 0.1) is 5.82 Å². The monoisotopic (exact) mass is 407 g/mol. The van der Waals surface area contributed by atoms with Gasteiger partial charge in [0.25, 0.3) is 0 Å². The minimum atomic E-state index is -0.404. The van der Waals surface area contributed by atoms with Gasteiger partial charge in [-0.3, -0.25) is 0 Å². The van der Waals surface area contributed by atoms with Gasteiger partial charge in [-0.1, -0.05) is 6.92 Å². The topological polar surface area (TPSA) is 116 Å². The Morgan fingerprint density at radius 2 is 1.90 bits per heavy atom. The van der Waals surface area contributed by atoms with E-state index in [1.807, 2.05) is 13.0 Å². The van der Waals surface area contributed by atoms with Crippen molar-refractivity contribution >= 4 is 28.6 Å². The highest BCUT2D eigenvalue weighted by Gasteiger charge is 2.09. The molecule has 4 aromatic rings. The summed E-state index contributed by atoms with van der Waals surface area (Å²) in [5.41, 5.74) is 7.32. The number of nitrogens with two attached hydrogens (primary N) is 1. The number of aryl methyl sites for hydroxylation is 1. The molecule has 0 radical (unpaired) electrons. The summed E-state index contributed by atoms with van der Waals surface area (Å²) >= 11 is 0. The summed E-state index contributed by atoms with van der Waals surface area (Å²) in [6.45, 7) is 2.00. The number of nitrogen functional groups attached to an aromatic ring is 1. The molecule has 2 aromatic carbocycles. The molecule has 0 unspecified atom stereocenters. The van der Waals surface area contributed by atoms with Crippen molar-refractivity contribution in [1.82, 2.24) is 15.0 Å². The van der Waals surface area contributed by atoms with Gasteiger partial charge in [-0.2, -0.15) is 15.0 Å². The van der Waals surface area contributed by atoms with Crippen molar-refractivity contribution in [3.63, 3.8) is 0 Å². The van der Waals surface area contributed by atoms with Gasteiger partial charge in [0.2, 0.25) is 11.9 Å². The summed E-state index contributed by atoms with van der Waals surface area (Å²) in [6.07, 6.45) is 0.719. The highest BCUT2D eigenvalue weighted by molar-refractivity contribution is 5.81. The van der Waals surface area contributed by atoms with Crippen molar-refractivity contribution in [3.8, 4) is 5.75 Å². The van der Waals surface area contributed by atoms with Crippen LogP contribution < -0.4 is 21.4 Å². The van der Waals surface area contributed by atoms with E-state index in [9.17, 15) is 9.18 Å². The molecule has 0 saturated heterocycles. The number of nitrogens with one attached hydrogen (secondary N) is 1. The van der Waals surface area contributed by atoms with E-state index in [1.165, 1.54) is 18.2 Å². The Bertz CT molecular complexity index is 1260. The van der Waals surface area contributed by atoms with Gasteiger partial charge in [0.05, 0.1) is 0 Å². The minimum absolute atomic E-state index is 0.0188. The Hall–Kier alpha value is -4.01. The molecule has 152 valence electrons. The molecule has 2 aromatic heterocycles. The Morgan fingerprint density at radius 3 is 2.67 bits per heavy atom. The van der Waals surface area contributed by atoms with Gasteiger partial charge in [0.15, 0.2) is 5.82 Å². The Labute approximate surface area is 170 Å². The molecule has 0 bridgehead atoms. The van der Waals surface area contributed by atoms with Crippen molar-refractivity contribution in [2.75, 3.05) is 11.1 Å². The second-order valence-electron chi connectivity index (χ2n) is 6.46. The average Bonchev–Trinajstić information content (AvgIpc) is 2.72. The van der Waals surface area contributed by atoms with E-state index in [0.29, 0.717) is 22.8 Å². The van der Waals surface area contributed by atoms with Crippen molar-refractivity contribution in [2.45, 2.75) is 20.0 Å². The largest absolute Gasteiger partial charge is 0.485 e. The second-order valence-corrected chi connectivity index (χ2v) is 6.46. The first-order chi connectivity index (χ1) is 14.5. The highest BCUT2D eigenvalue weighted by Crippen LogP contribution is 2.23. The molecule has 0 aliphatic rings. The van der Waals surface area contributed by atoms with Crippen LogP contribution in [0.5, 0.6) is 5.75 Å². The number of nitrogens with zero attached hydrogens (tertiary/aromatic N) is 3. The summed E-state index contributed by atoms with van der Waals surface area (Å²) in [5.74, 6) is 0.680. The molecule has 0 aliphatic heterocycles. The lowest BCUT2D eigenvalue weighted by Gasteiger charge is -2.09. The molecule has 0 atom stereocenters. The molecule has 0 spiro atoms. The maximum Gasteiger partial charge on any atom is 0.336 e. The van der Waals surface area contributed by atoms with Gasteiger partial charge < -0.3 is 20.2 Å². The molecule has 2 heterocycles. The summed E-state index contributed by atoms with van der Waals surface area (Å²) in [4.78, 5) is 24.1. The van der Waals surface area contributed by atoms with Gasteiger partial charge in [-0.15, -0.1) is 0 Å². The number of fused-ring (bicyclic) bond motifs is 1. The fourth-order valence-corrected chi connectivity index (χ4v) is 2.96. The molecule has 0 saturated carbocycles. The third kappa shape index (κ3) is 4.35. The van der Waals surface area contributed by atoms with Crippen LogP contribution in [0.3, 0.4) is 0 Å². The fourth-order valence-electron chi connectivity index (χ4n) is 2.96. The van der Waals surface area contributed by atoms with Gasteiger partial charge in [0, 0.05) is 23.2 Å². The molecular formula is C21H18FN5O3. The summed E-state index contributed by atoms with van der Waals surface area (Å²) in [6, 6.07) is 12.5. The molecule has 0 aliphatic carbocycles. The maximum absolute atomic E-state index is 13.0. The van der Waals surface area contributed by atoms with Gasteiger partial charge in [-0.05, 0) is 48.4 Å². The number of ether oxygens (including phenoxy) is 1. The van der Waals surface area contributed by atoms with Gasteiger partial charge >= 0.3 is 5.63 Å². The van der Waals surface area contributed by atoms with Crippen LogP contribution in [0.15, 0.2) is 57.7 Å². The lowest BCUT2D eigenvalue weighted by molar-refractivity contribution is 0.296. The summed E-state index contributed by atoms with van der Waals surface area (Å²) in [7, 11) is 0. The van der Waals surface area contributed by atoms with Crippen molar-refractivity contribution in [2.24, 2.45) is 0 Å². The van der Waals surface area contributed by atoms with Crippen LogP contribution in [-0.2, 0) is 13.0 Å². The Morgan fingerprint density at radius 1 is 1.10 bits per heavy atom. The Balaban J connectivity index is 1.52. The first kappa shape index (κ1) is 19.3. The first-order valence-electron chi connectivity index (χ1n) is 9.23. The number of hydrogen-bond acceptors (Lipinski definition) is 8. The maximum atomic E-state index is 13.0. The van der Waals surface area contributed by atoms with Crippen LogP contribution in [0.4, 0.5) is 22.0 Å². The second kappa shape index (κ2) is 8.16. The number of hydrogen-bond donors (Lipinski definition) is 2. The molecule has 0 fully saturated rings. The third-order valence-corrected chi connectivity index (χ3v) is 4.35. The third-order valence-electron chi connectivity index (χ3n) is 4.35. The minimum Gasteiger partial charge on any atom is -0.485 e.